The van der Waals surface area contributed by atoms with E-state index in [1.165, 1.54) is 0 Å². The van der Waals surface area contributed by atoms with Gasteiger partial charge in [-0.15, -0.1) is 0 Å². The zero-order valence-electron chi connectivity index (χ0n) is 10.2. The summed E-state index contributed by atoms with van der Waals surface area (Å²) in [5.74, 6) is 0.112. The molecule has 2 N–H and O–H groups in total. The minimum absolute atomic E-state index is 0.183. The van der Waals surface area contributed by atoms with E-state index in [1.54, 1.807) is 0 Å². The number of nitrogens with one attached hydrogen (secondary N) is 1. The van der Waals surface area contributed by atoms with Crippen LogP contribution < -0.4 is 5.32 Å². The number of ether oxygens (including phenoxy) is 1. The Hall–Kier alpha value is -0.610. The molecule has 0 radical (unpaired) electrons. The molecule has 0 spiro atoms. The summed E-state index contributed by atoms with van der Waals surface area (Å²) in [7, 11) is 0. The highest BCUT2D eigenvalue weighted by Gasteiger charge is 2.26. The average Bonchev–Trinajstić information content (AvgIpc) is 2.66. The normalized spacial score (nSPS) is 26.7. The molecule has 1 saturated carbocycles. The third-order valence-electron chi connectivity index (χ3n) is 3.22. The molecule has 94 valence electrons. The number of carbonyl (C=O) groups is 1. The third kappa shape index (κ3) is 3.76. The van der Waals surface area contributed by atoms with Gasteiger partial charge in [-0.05, 0) is 32.1 Å². The highest BCUT2D eigenvalue weighted by atomic mass is 16.5. The van der Waals surface area contributed by atoms with Crippen LogP contribution in [-0.2, 0) is 9.53 Å². The molecule has 4 heteroatoms. The number of hydrogen-bond acceptors (Lipinski definition) is 4. The highest BCUT2D eigenvalue weighted by Crippen LogP contribution is 2.24. The fourth-order valence-corrected chi connectivity index (χ4v) is 2.19. The Kier molecular flexibility index (Phi) is 5.77. The summed E-state index contributed by atoms with van der Waals surface area (Å²) in [5.41, 5.74) is 0. The van der Waals surface area contributed by atoms with Gasteiger partial charge in [0.1, 0.15) is 6.04 Å². The van der Waals surface area contributed by atoms with Crippen molar-refractivity contribution < 1.29 is 14.6 Å². The largest absolute Gasteiger partial charge is 0.465 e. The summed E-state index contributed by atoms with van der Waals surface area (Å²) in [6.07, 6.45) is 3.55. The third-order valence-corrected chi connectivity index (χ3v) is 3.22. The second-order valence-corrected chi connectivity index (χ2v) is 4.38. The monoisotopic (exact) mass is 229 g/mol. The maximum absolute atomic E-state index is 11.5. The van der Waals surface area contributed by atoms with Crippen LogP contribution in [0.4, 0.5) is 0 Å². The quantitative estimate of drug-likeness (QED) is 0.669. The number of hydrogen-bond donors (Lipinski definition) is 2. The van der Waals surface area contributed by atoms with Gasteiger partial charge in [-0.2, -0.15) is 0 Å². The van der Waals surface area contributed by atoms with E-state index in [2.05, 4.69) is 5.32 Å². The van der Waals surface area contributed by atoms with Crippen LogP contribution in [0.15, 0.2) is 0 Å². The molecule has 0 aromatic carbocycles. The predicted octanol–water partition coefficient (Wildman–Crippen LogP) is 1.08. The Morgan fingerprint density at radius 2 is 2.25 bits per heavy atom. The summed E-state index contributed by atoms with van der Waals surface area (Å²) >= 11 is 0. The van der Waals surface area contributed by atoms with Gasteiger partial charge in [0, 0.05) is 6.54 Å². The molecule has 3 unspecified atom stereocenters. The first-order chi connectivity index (χ1) is 7.69. The molecule has 0 amide bonds. The standard InChI is InChI=1S/C12H23NO3/c1-3-10(12(15)16-4-2)13-8-9-6-5-7-11(9)14/h9-11,13-14H,3-8H2,1-2H3. The van der Waals surface area contributed by atoms with Crippen molar-refractivity contribution in [2.24, 2.45) is 5.92 Å². The molecule has 0 aromatic heterocycles. The van der Waals surface area contributed by atoms with Crippen molar-refractivity contribution in [1.29, 1.82) is 0 Å². The van der Waals surface area contributed by atoms with Gasteiger partial charge in [0.15, 0.2) is 0 Å². The average molecular weight is 229 g/mol. The van der Waals surface area contributed by atoms with Crippen LogP contribution in [0.5, 0.6) is 0 Å². The predicted molar refractivity (Wildman–Crippen MR) is 62.1 cm³/mol. The van der Waals surface area contributed by atoms with E-state index in [0.29, 0.717) is 19.1 Å². The van der Waals surface area contributed by atoms with Crippen molar-refractivity contribution in [2.45, 2.75) is 51.7 Å². The van der Waals surface area contributed by atoms with Gasteiger partial charge >= 0.3 is 5.97 Å². The molecule has 0 aromatic rings. The van der Waals surface area contributed by atoms with E-state index in [-0.39, 0.29) is 18.1 Å². The number of carbonyl (C=O) groups excluding carboxylic acids is 1. The Bertz CT molecular complexity index is 220. The van der Waals surface area contributed by atoms with Crippen LogP contribution in [0, 0.1) is 5.92 Å². The summed E-state index contributed by atoms with van der Waals surface area (Å²) in [4.78, 5) is 11.5. The van der Waals surface area contributed by atoms with Gasteiger partial charge in [-0.3, -0.25) is 4.79 Å². The molecule has 16 heavy (non-hydrogen) atoms. The fourth-order valence-electron chi connectivity index (χ4n) is 2.19. The second-order valence-electron chi connectivity index (χ2n) is 4.38. The topological polar surface area (TPSA) is 58.6 Å². The van der Waals surface area contributed by atoms with Crippen molar-refractivity contribution in [3.05, 3.63) is 0 Å². The van der Waals surface area contributed by atoms with E-state index in [9.17, 15) is 9.90 Å². The van der Waals surface area contributed by atoms with Crippen molar-refractivity contribution >= 4 is 5.97 Å². The summed E-state index contributed by atoms with van der Waals surface area (Å²) < 4.78 is 4.97. The molecule has 4 nitrogen and oxygen atoms in total. The maximum Gasteiger partial charge on any atom is 0.323 e. The van der Waals surface area contributed by atoms with Gasteiger partial charge in [0.2, 0.25) is 0 Å². The zero-order valence-corrected chi connectivity index (χ0v) is 10.2. The number of aliphatic hydroxyl groups excluding tert-OH is 1. The first kappa shape index (κ1) is 13.5. The SMILES string of the molecule is CCOC(=O)C(CC)NCC1CCCC1O. The van der Waals surface area contributed by atoms with Gasteiger partial charge in [0.25, 0.3) is 0 Å². The number of rotatable bonds is 6. The second kappa shape index (κ2) is 6.86. The number of esters is 1. The van der Waals surface area contributed by atoms with Gasteiger partial charge in [-0.1, -0.05) is 13.3 Å². The molecule has 1 fully saturated rings. The van der Waals surface area contributed by atoms with Crippen LogP contribution in [-0.4, -0.2) is 36.4 Å². The lowest BCUT2D eigenvalue weighted by atomic mass is 10.1. The molecular formula is C12H23NO3. The lowest BCUT2D eigenvalue weighted by Crippen LogP contribution is -2.41. The molecule has 1 aliphatic rings. The minimum atomic E-state index is -0.229. The van der Waals surface area contributed by atoms with Crippen LogP contribution in [0.1, 0.15) is 39.5 Å². The number of aliphatic hydroxyl groups is 1. The Balaban J connectivity index is 2.30. The van der Waals surface area contributed by atoms with E-state index in [4.69, 9.17) is 4.74 Å². The van der Waals surface area contributed by atoms with Crippen molar-refractivity contribution in [1.82, 2.24) is 5.32 Å². The van der Waals surface area contributed by atoms with Crippen LogP contribution in [0.25, 0.3) is 0 Å². The van der Waals surface area contributed by atoms with E-state index < -0.39 is 0 Å². The summed E-state index contributed by atoms with van der Waals surface area (Å²) in [6, 6.07) is -0.229. The summed E-state index contributed by atoms with van der Waals surface area (Å²) in [5, 5.41) is 12.9. The first-order valence-electron chi connectivity index (χ1n) is 6.27. The van der Waals surface area contributed by atoms with Gasteiger partial charge < -0.3 is 15.2 Å². The van der Waals surface area contributed by atoms with Gasteiger partial charge in [0.05, 0.1) is 12.7 Å². The summed E-state index contributed by atoms with van der Waals surface area (Å²) in [6.45, 7) is 4.90. The maximum atomic E-state index is 11.5. The molecule has 0 bridgehead atoms. The molecule has 0 saturated heterocycles. The van der Waals surface area contributed by atoms with Crippen molar-refractivity contribution in [2.75, 3.05) is 13.2 Å². The minimum Gasteiger partial charge on any atom is -0.465 e. The Morgan fingerprint density at radius 3 is 2.75 bits per heavy atom. The smallest absolute Gasteiger partial charge is 0.323 e. The molecular weight excluding hydrogens is 206 g/mol. The van der Waals surface area contributed by atoms with E-state index in [1.807, 2.05) is 13.8 Å². The van der Waals surface area contributed by atoms with E-state index >= 15 is 0 Å². The van der Waals surface area contributed by atoms with Gasteiger partial charge in [-0.25, -0.2) is 0 Å². The molecule has 0 heterocycles. The molecule has 0 aliphatic heterocycles. The molecule has 1 rings (SSSR count). The first-order valence-corrected chi connectivity index (χ1v) is 6.27. The van der Waals surface area contributed by atoms with Crippen molar-refractivity contribution in [3.63, 3.8) is 0 Å². The lowest BCUT2D eigenvalue weighted by molar-refractivity contribution is -0.145. The van der Waals surface area contributed by atoms with Crippen LogP contribution in [0.3, 0.4) is 0 Å². The van der Waals surface area contributed by atoms with Crippen LogP contribution >= 0.6 is 0 Å². The molecule has 3 atom stereocenters. The fraction of sp³-hybridized carbons (Fsp3) is 0.917. The van der Waals surface area contributed by atoms with Crippen LogP contribution in [0.2, 0.25) is 0 Å². The highest BCUT2D eigenvalue weighted by molar-refractivity contribution is 5.75. The van der Waals surface area contributed by atoms with E-state index in [0.717, 1.165) is 25.7 Å². The molecule has 1 aliphatic carbocycles. The Morgan fingerprint density at radius 1 is 1.50 bits per heavy atom. The van der Waals surface area contributed by atoms with Crippen molar-refractivity contribution in [3.8, 4) is 0 Å². The zero-order chi connectivity index (χ0) is 12.0. The lowest BCUT2D eigenvalue weighted by Gasteiger charge is -2.20. The Labute approximate surface area is 97.4 Å².